The van der Waals surface area contributed by atoms with Crippen molar-refractivity contribution in [1.29, 1.82) is 0 Å². The van der Waals surface area contributed by atoms with E-state index in [0.29, 0.717) is 35.5 Å². The predicted molar refractivity (Wildman–Crippen MR) is 176 cm³/mol. The zero-order chi connectivity index (χ0) is 29.0. The van der Waals surface area contributed by atoms with Crippen LogP contribution in [0.3, 0.4) is 0 Å². The molecular formula is C38H51Bi. The summed E-state index contributed by atoms with van der Waals surface area (Å²) in [6.45, 7) is 28.4. The van der Waals surface area contributed by atoms with Gasteiger partial charge in [0.1, 0.15) is 0 Å². The molecule has 208 valence electrons. The van der Waals surface area contributed by atoms with Crippen LogP contribution in [0.4, 0.5) is 0 Å². The van der Waals surface area contributed by atoms with Crippen LogP contribution in [-0.4, -0.2) is 21.8 Å². The molecule has 0 nitrogen and oxygen atoms in total. The Balaban J connectivity index is 2.54. The van der Waals surface area contributed by atoms with Crippen LogP contribution >= 0.6 is 0 Å². The van der Waals surface area contributed by atoms with E-state index in [1.807, 2.05) is 0 Å². The van der Waals surface area contributed by atoms with Gasteiger partial charge in [-0.3, -0.25) is 0 Å². The van der Waals surface area contributed by atoms with Gasteiger partial charge in [-0.25, -0.2) is 0 Å². The standard InChI is InChI=1S/2C15H23.C8H5.Bi/c2*1-10(2)13-7-14(11(3)4)9-15(8-13)12(5)6;1-2-8-6-4-3-5-7-8;/h2*7-8,10-12H,1-6H3;3-7H;. The average Bonchev–Trinajstić information content (AvgIpc) is 2.88. The zero-order valence-corrected chi connectivity index (χ0v) is 30.1. The first-order valence-electron chi connectivity index (χ1n) is 15.1. The van der Waals surface area contributed by atoms with Crippen molar-refractivity contribution in [3.63, 3.8) is 0 Å². The second kappa shape index (κ2) is 13.6. The maximum atomic E-state index is 4.10. The summed E-state index contributed by atoms with van der Waals surface area (Å²) >= 11 is -2.89. The van der Waals surface area contributed by atoms with Crippen LogP contribution in [0.25, 0.3) is 0 Å². The Hall–Kier alpha value is -1.90. The summed E-state index contributed by atoms with van der Waals surface area (Å²) in [6, 6.07) is 20.8. The average molecular weight is 717 g/mol. The second-order valence-corrected chi connectivity index (χ2v) is 19.9. The van der Waals surface area contributed by atoms with E-state index in [4.69, 9.17) is 0 Å². The minimum absolute atomic E-state index is 0.465. The molecule has 0 saturated carbocycles. The Morgan fingerprint density at radius 2 is 0.795 bits per heavy atom. The summed E-state index contributed by atoms with van der Waals surface area (Å²) in [7, 11) is 0. The van der Waals surface area contributed by atoms with E-state index in [-0.39, 0.29) is 0 Å². The molecule has 0 aliphatic carbocycles. The first-order chi connectivity index (χ1) is 18.3. The van der Waals surface area contributed by atoms with E-state index in [1.54, 1.807) is 28.8 Å². The Bertz CT molecular complexity index is 1180. The van der Waals surface area contributed by atoms with Crippen LogP contribution in [0.5, 0.6) is 0 Å². The third-order valence-electron chi connectivity index (χ3n) is 7.74. The van der Waals surface area contributed by atoms with E-state index in [0.717, 1.165) is 5.56 Å². The van der Waals surface area contributed by atoms with Gasteiger partial charge in [0.2, 0.25) is 0 Å². The van der Waals surface area contributed by atoms with Gasteiger partial charge in [-0.1, -0.05) is 0 Å². The van der Waals surface area contributed by atoms with E-state index in [1.165, 1.54) is 11.1 Å². The molecular weight excluding hydrogens is 665 g/mol. The Morgan fingerprint density at radius 1 is 0.462 bits per heavy atom. The molecule has 0 aliphatic heterocycles. The molecule has 0 radical (unpaired) electrons. The van der Waals surface area contributed by atoms with E-state index < -0.39 is 21.8 Å². The molecule has 0 fully saturated rings. The van der Waals surface area contributed by atoms with Crippen LogP contribution < -0.4 is 6.54 Å². The SMILES string of the molecule is CC(C)c1cc(C(C)C)[c]([Bi]([C]#Cc2ccccc2)[c]2c(C(C)C)cc(C(C)C)cc2C(C)C)c(C(C)C)c1. The maximum absolute atomic E-state index is 4.10. The van der Waals surface area contributed by atoms with Gasteiger partial charge in [-0.05, 0) is 0 Å². The Labute approximate surface area is 248 Å². The van der Waals surface area contributed by atoms with E-state index in [2.05, 4.69) is 147 Å². The van der Waals surface area contributed by atoms with Crippen molar-refractivity contribution in [3.8, 4) is 9.55 Å². The zero-order valence-electron chi connectivity index (χ0n) is 26.6. The van der Waals surface area contributed by atoms with Crippen LogP contribution in [0.1, 0.15) is 158 Å². The van der Waals surface area contributed by atoms with Crippen molar-refractivity contribution in [2.75, 3.05) is 0 Å². The van der Waals surface area contributed by atoms with Gasteiger partial charge in [-0.15, -0.1) is 0 Å². The fourth-order valence-electron chi connectivity index (χ4n) is 5.22. The molecule has 3 aromatic rings. The van der Waals surface area contributed by atoms with Gasteiger partial charge in [0.15, 0.2) is 0 Å². The van der Waals surface area contributed by atoms with Crippen molar-refractivity contribution in [1.82, 2.24) is 0 Å². The molecule has 3 aromatic carbocycles. The molecule has 0 aromatic heterocycles. The number of benzene rings is 3. The monoisotopic (exact) mass is 716 g/mol. The molecule has 0 amide bonds. The molecule has 0 spiro atoms. The fraction of sp³-hybridized carbons (Fsp3) is 0.474. The summed E-state index contributed by atoms with van der Waals surface area (Å²) < 4.78 is 7.39. The molecule has 0 N–H and O–H groups in total. The number of hydrogen-bond acceptors (Lipinski definition) is 0. The molecule has 39 heavy (non-hydrogen) atoms. The molecule has 0 atom stereocenters. The first kappa shape index (κ1) is 31.6. The summed E-state index contributed by atoms with van der Waals surface area (Å²) in [5.41, 5.74) is 10.2. The number of rotatable bonds is 8. The minimum atomic E-state index is -2.89. The molecule has 1 heteroatoms. The van der Waals surface area contributed by atoms with Gasteiger partial charge >= 0.3 is 250 Å². The molecule has 0 saturated heterocycles. The van der Waals surface area contributed by atoms with Crippen molar-refractivity contribution in [2.24, 2.45) is 0 Å². The Morgan fingerprint density at radius 3 is 1.08 bits per heavy atom. The quantitative estimate of drug-likeness (QED) is 0.161. The summed E-state index contributed by atoms with van der Waals surface area (Å²) in [5.74, 6) is 6.61. The van der Waals surface area contributed by atoms with Crippen LogP contribution in [-0.2, 0) is 0 Å². The normalized spacial score (nSPS) is 12.0. The third kappa shape index (κ3) is 7.44. The van der Waals surface area contributed by atoms with Gasteiger partial charge in [-0.2, -0.15) is 0 Å². The predicted octanol–water partition coefficient (Wildman–Crippen LogP) is 9.63. The topological polar surface area (TPSA) is 0 Å². The fourth-order valence-corrected chi connectivity index (χ4v) is 16.9. The number of hydrogen-bond donors (Lipinski definition) is 0. The van der Waals surface area contributed by atoms with Crippen LogP contribution in [0, 0.1) is 9.55 Å². The van der Waals surface area contributed by atoms with Gasteiger partial charge < -0.3 is 0 Å². The molecule has 0 aliphatic rings. The van der Waals surface area contributed by atoms with Crippen molar-refractivity contribution in [3.05, 3.63) is 93.5 Å². The van der Waals surface area contributed by atoms with Crippen molar-refractivity contribution >= 4 is 28.3 Å². The van der Waals surface area contributed by atoms with E-state index in [9.17, 15) is 0 Å². The molecule has 0 unspecified atom stereocenters. The second-order valence-electron chi connectivity index (χ2n) is 13.0. The summed E-state index contributed by atoms with van der Waals surface area (Å²) in [4.78, 5) is 0. The Kier molecular flexibility index (Phi) is 11.1. The van der Waals surface area contributed by atoms with Gasteiger partial charge in [0, 0.05) is 0 Å². The van der Waals surface area contributed by atoms with Crippen LogP contribution in [0.2, 0.25) is 0 Å². The van der Waals surface area contributed by atoms with Crippen LogP contribution in [0.15, 0.2) is 54.6 Å². The van der Waals surface area contributed by atoms with Gasteiger partial charge in [0.25, 0.3) is 0 Å². The molecule has 3 rings (SSSR count). The summed E-state index contributed by atoms with van der Waals surface area (Å²) in [5, 5.41) is 0. The molecule has 0 heterocycles. The van der Waals surface area contributed by atoms with Crippen molar-refractivity contribution in [2.45, 2.75) is 119 Å². The summed E-state index contributed by atoms with van der Waals surface area (Å²) in [6.07, 6.45) is 0. The molecule has 0 bridgehead atoms. The van der Waals surface area contributed by atoms with Crippen molar-refractivity contribution < 1.29 is 0 Å². The third-order valence-corrected chi connectivity index (χ3v) is 16.5. The first-order valence-corrected chi connectivity index (χ1v) is 20.3. The van der Waals surface area contributed by atoms with Gasteiger partial charge in [0.05, 0.1) is 0 Å². The van der Waals surface area contributed by atoms with E-state index >= 15 is 0 Å².